The zero-order chi connectivity index (χ0) is 17.1. The average Bonchev–Trinajstić information content (AvgIpc) is 2.99. The minimum absolute atomic E-state index is 0.0493. The topological polar surface area (TPSA) is 67.0 Å². The van der Waals surface area contributed by atoms with E-state index in [0.717, 1.165) is 38.8 Å². The molecule has 0 bridgehead atoms. The van der Waals surface area contributed by atoms with Crippen LogP contribution in [0.2, 0.25) is 0 Å². The van der Waals surface area contributed by atoms with Crippen molar-refractivity contribution in [2.24, 2.45) is 0 Å². The molecular formula is C18H19N3O2S. The fraction of sp³-hybridized carbons (Fsp3) is 0.222. The Bertz CT molecular complexity index is 889. The van der Waals surface area contributed by atoms with Gasteiger partial charge in [-0.1, -0.05) is 23.9 Å². The second kappa shape index (κ2) is 6.97. The summed E-state index contributed by atoms with van der Waals surface area (Å²) in [6, 6.07) is 11.5. The number of thioether (sulfide) groups is 1. The molecule has 2 N–H and O–H groups in total. The number of ether oxygens (including phenoxy) is 1. The van der Waals surface area contributed by atoms with Crippen LogP contribution < -0.4 is 10.1 Å². The predicted octanol–water partition coefficient (Wildman–Crippen LogP) is 3.92. The van der Waals surface area contributed by atoms with E-state index in [0.29, 0.717) is 5.75 Å². The minimum Gasteiger partial charge on any atom is -0.497 e. The van der Waals surface area contributed by atoms with E-state index >= 15 is 0 Å². The molecule has 0 aliphatic carbocycles. The van der Waals surface area contributed by atoms with E-state index in [-0.39, 0.29) is 5.91 Å². The Kier molecular flexibility index (Phi) is 4.76. The van der Waals surface area contributed by atoms with Crippen LogP contribution in [0.25, 0.3) is 11.0 Å². The predicted molar refractivity (Wildman–Crippen MR) is 97.9 cm³/mol. The Morgan fingerprint density at radius 2 is 2.12 bits per heavy atom. The van der Waals surface area contributed by atoms with Gasteiger partial charge in [-0.15, -0.1) is 0 Å². The summed E-state index contributed by atoms with van der Waals surface area (Å²) < 4.78 is 5.20. The Hall–Kier alpha value is -2.47. The highest BCUT2D eigenvalue weighted by Gasteiger charge is 2.09. The van der Waals surface area contributed by atoms with E-state index < -0.39 is 0 Å². The number of fused-ring (bicyclic) bond motifs is 1. The van der Waals surface area contributed by atoms with Crippen LogP contribution in [0, 0.1) is 13.8 Å². The van der Waals surface area contributed by atoms with Crippen molar-refractivity contribution in [1.29, 1.82) is 0 Å². The number of aromatic amines is 1. The third-order valence-corrected chi connectivity index (χ3v) is 4.76. The summed E-state index contributed by atoms with van der Waals surface area (Å²) in [7, 11) is 1.63. The van der Waals surface area contributed by atoms with E-state index in [2.05, 4.69) is 15.3 Å². The van der Waals surface area contributed by atoms with Crippen LogP contribution in [0.3, 0.4) is 0 Å². The summed E-state index contributed by atoms with van der Waals surface area (Å²) in [6.45, 7) is 4.03. The number of aryl methyl sites for hydroxylation is 1. The van der Waals surface area contributed by atoms with Crippen LogP contribution >= 0.6 is 11.8 Å². The Morgan fingerprint density at radius 1 is 1.29 bits per heavy atom. The quantitative estimate of drug-likeness (QED) is 0.690. The molecule has 0 aliphatic heterocycles. The monoisotopic (exact) mass is 341 g/mol. The van der Waals surface area contributed by atoms with Gasteiger partial charge in [0.05, 0.1) is 23.9 Å². The molecule has 3 rings (SSSR count). The first-order chi connectivity index (χ1) is 11.6. The molecular weight excluding hydrogens is 322 g/mol. The molecule has 0 aliphatic rings. The summed E-state index contributed by atoms with van der Waals surface area (Å²) in [5.74, 6) is 1.02. The fourth-order valence-electron chi connectivity index (χ4n) is 2.37. The van der Waals surface area contributed by atoms with Crippen molar-refractivity contribution in [1.82, 2.24) is 9.97 Å². The molecule has 0 unspecified atom stereocenters. The number of amides is 1. The number of carbonyl (C=O) groups excluding carboxylic acids is 1. The van der Waals surface area contributed by atoms with E-state index in [1.165, 1.54) is 11.8 Å². The third-order valence-electron chi connectivity index (χ3n) is 3.89. The van der Waals surface area contributed by atoms with Crippen molar-refractivity contribution in [2.75, 3.05) is 18.2 Å². The molecule has 0 atom stereocenters. The maximum absolute atomic E-state index is 12.2. The van der Waals surface area contributed by atoms with Crippen LogP contribution in [0.15, 0.2) is 41.6 Å². The largest absolute Gasteiger partial charge is 0.497 e. The standard InChI is InChI=1S/C18H19N3O2S/c1-11-5-4-6-14(12(11)2)19-17(22)10-24-18-20-15-8-7-13(23-3)9-16(15)21-18/h4-9H,10H2,1-3H3,(H,19,22)(H,20,21). The average molecular weight is 341 g/mol. The van der Waals surface area contributed by atoms with Gasteiger partial charge in [-0.3, -0.25) is 4.79 Å². The molecule has 6 heteroatoms. The second-order valence-corrected chi connectivity index (χ2v) is 6.47. The van der Waals surface area contributed by atoms with Gasteiger partial charge in [0.1, 0.15) is 5.75 Å². The summed E-state index contributed by atoms with van der Waals surface area (Å²) in [6.07, 6.45) is 0. The van der Waals surface area contributed by atoms with Gasteiger partial charge in [-0.25, -0.2) is 4.98 Å². The number of nitrogens with zero attached hydrogens (tertiary/aromatic N) is 1. The van der Waals surface area contributed by atoms with Gasteiger partial charge in [0, 0.05) is 11.8 Å². The van der Waals surface area contributed by atoms with Crippen LogP contribution in [0.1, 0.15) is 11.1 Å². The molecule has 0 fully saturated rings. The molecule has 0 saturated carbocycles. The lowest BCUT2D eigenvalue weighted by Gasteiger charge is -2.09. The molecule has 0 saturated heterocycles. The Balaban J connectivity index is 1.64. The van der Waals surface area contributed by atoms with Crippen molar-refractivity contribution in [3.05, 3.63) is 47.5 Å². The summed E-state index contributed by atoms with van der Waals surface area (Å²) >= 11 is 1.38. The molecule has 0 spiro atoms. The first-order valence-corrected chi connectivity index (χ1v) is 8.58. The molecule has 1 heterocycles. The lowest BCUT2D eigenvalue weighted by atomic mass is 10.1. The van der Waals surface area contributed by atoms with E-state index in [1.807, 2.05) is 50.2 Å². The van der Waals surface area contributed by atoms with E-state index in [1.54, 1.807) is 7.11 Å². The zero-order valence-corrected chi connectivity index (χ0v) is 14.7. The van der Waals surface area contributed by atoms with Gasteiger partial charge in [0.25, 0.3) is 0 Å². The summed E-state index contributed by atoms with van der Waals surface area (Å²) in [4.78, 5) is 19.8. The number of imidazole rings is 1. The molecule has 124 valence electrons. The number of H-pyrrole nitrogens is 1. The fourth-order valence-corrected chi connectivity index (χ4v) is 3.05. The lowest BCUT2D eigenvalue weighted by Crippen LogP contribution is -2.15. The van der Waals surface area contributed by atoms with Gasteiger partial charge in [0.15, 0.2) is 5.16 Å². The number of anilines is 1. The molecule has 24 heavy (non-hydrogen) atoms. The molecule has 5 nitrogen and oxygen atoms in total. The van der Waals surface area contributed by atoms with Crippen molar-refractivity contribution in [2.45, 2.75) is 19.0 Å². The van der Waals surface area contributed by atoms with E-state index in [4.69, 9.17) is 4.74 Å². The highest BCUT2D eigenvalue weighted by Crippen LogP contribution is 2.24. The van der Waals surface area contributed by atoms with Crippen molar-refractivity contribution >= 4 is 34.4 Å². The Labute approximate surface area is 144 Å². The number of hydrogen-bond donors (Lipinski definition) is 2. The molecule has 2 aromatic carbocycles. The number of rotatable bonds is 5. The zero-order valence-electron chi connectivity index (χ0n) is 13.8. The van der Waals surface area contributed by atoms with Gasteiger partial charge >= 0.3 is 0 Å². The highest BCUT2D eigenvalue weighted by atomic mass is 32.2. The van der Waals surface area contributed by atoms with Crippen molar-refractivity contribution in [3.8, 4) is 5.75 Å². The smallest absolute Gasteiger partial charge is 0.234 e. The lowest BCUT2D eigenvalue weighted by molar-refractivity contribution is -0.113. The SMILES string of the molecule is COc1ccc2nc(SCC(=O)Nc3cccc(C)c3C)[nH]c2c1. The van der Waals surface area contributed by atoms with Gasteiger partial charge in [-0.05, 0) is 43.2 Å². The summed E-state index contributed by atoms with van der Waals surface area (Å²) in [5, 5.41) is 3.67. The van der Waals surface area contributed by atoms with E-state index in [9.17, 15) is 4.79 Å². The third kappa shape index (κ3) is 3.54. The van der Waals surface area contributed by atoms with Crippen LogP contribution in [-0.4, -0.2) is 28.7 Å². The summed E-state index contributed by atoms with van der Waals surface area (Å²) in [5.41, 5.74) is 4.85. The first-order valence-electron chi connectivity index (χ1n) is 7.59. The number of carbonyl (C=O) groups is 1. The number of benzene rings is 2. The highest BCUT2D eigenvalue weighted by molar-refractivity contribution is 7.99. The molecule has 3 aromatic rings. The van der Waals surface area contributed by atoms with Gasteiger partial charge in [-0.2, -0.15) is 0 Å². The first kappa shape index (κ1) is 16.4. The van der Waals surface area contributed by atoms with Crippen molar-refractivity contribution < 1.29 is 9.53 Å². The number of methoxy groups -OCH3 is 1. The molecule has 0 radical (unpaired) electrons. The molecule has 1 amide bonds. The molecule has 1 aromatic heterocycles. The number of aromatic nitrogens is 2. The van der Waals surface area contributed by atoms with Crippen LogP contribution in [0.4, 0.5) is 5.69 Å². The number of nitrogens with one attached hydrogen (secondary N) is 2. The second-order valence-electron chi connectivity index (χ2n) is 5.51. The minimum atomic E-state index is -0.0493. The normalized spacial score (nSPS) is 10.8. The van der Waals surface area contributed by atoms with Crippen molar-refractivity contribution in [3.63, 3.8) is 0 Å². The van der Waals surface area contributed by atoms with Crippen LogP contribution in [-0.2, 0) is 4.79 Å². The maximum Gasteiger partial charge on any atom is 0.234 e. The maximum atomic E-state index is 12.2. The Morgan fingerprint density at radius 3 is 2.92 bits per heavy atom. The van der Waals surface area contributed by atoms with Crippen LogP contribution in [0.5, 0.6) is 5.75 Å². The number of hydrogen-bond acceptors (Lipinski definition) is 4. The van der Waals surface area contributed by atoms with Gasteiger partial charge < -0.3 is 15.0 Å². The van der Waals surface area contributed by atoms with Gasteiger partial charge in [0.2, 0.25) is 5.91 Å².